The van der Waals surface area contributed by atoms with Crippen LogP contribution in [0.25, 0.3) is 22.4 Å². The number of rotatable bonds is 12. The van der Waals surface area contributed by atoms with Crippen LogP contribution in [0, 0.1) is 19.7 Å². The Morgan fingerprint density at radius 3 is 2.19 bits per heavy atom. The van der Waals surface area contributed by atoms with E-state index in [4.69, 9.17) is 5.11 Å². The Kier molecular flexibility index (Phi) is 10.2. The lowest BCUT2D eigenvalue weighted by Gasteiger charge is -2.20. The largest absolute Gasteiger partial charge is 0.481 e. The molecule has 226 valence electrons. The van der Waals surface area contributed by atoms with E-state index in [-0.39, 0.29) is 37.0 Å². The number of carbonyl (C=O) groups excluding carboxylic acids is 1. The second-order valence-corrected chi connectivity index (χ2v) is 11.4. The van der Waals surface area contributed by atoms with Crippen LogP contribution in [0.1, 0.15) is 66.2 Å². The van der Waals surface area contributed by atoms with E-state index in [0.29, 0.717) is 28.1 Å². The van der Waals surface area contributed by atoms with Crippen molar-refractivity contribution in [2.24, 2.45) is 0 Å². The molecule has 0 unspecified atom stereocenters. The number of aliphatic carboxylic acids is 1. The number of aliphatic hydroxyl groups excluding tert-OH is 2. The first kappa shape index (κ1) is 31.7. The minimum atomic E-state index is -1.18. The zero-order valence-electron chi connectivity index (χ0n) is 25.0. The highest BCUT2D eigenvalue weighted by molar-refractivity contribution is 6.12. The van der Waals surface area contributed by atoms with Gasteiger partial charge in [-0.3, -0.25) is 9.59 Å². The van der Waals surface area contributed by atoms with E-state index in [1.54, 1.807) is 12.1 Å². The number of hydrogen-bond acceptors (Lipinski definition) is 4. The number of aliphatic hydroxyl groups is 2. The first-order valence-corrected chi connectivity index (χ1v) is 14.5. The number of aromatic nitrogens is 1. The van der Waals surface area contributed by atoms with Gasteiger partial charge in [-0.05, 0) is 79.6 Å². The van der Waals surface area contributed by atoms with Crippen LogP contribution in [0.15, 0.2) is 72.8 Å². The van der Waals surface area contributed by atoms with E-state index in [2.05, 4.69) is 5.32 Å². The molecule has 4 N–H and O–H groups in total. The molecule has 8 heteroatoms. The van der Waals surface area contributed by atoms with Crippen LogP contribution in [0.3, 0.4) is 0 Å². The number of benzene rings is 3. The Morgan fingerprint density at radius 2 is 1.58 bits per heavy atom. The fourth-order valence-corrected chi connectivity index (χ4v) is 5.63. The maximum atomic E-state index is 14.3. The summed E-state index contributed by atoms with van der Waals surface area (Å²) in [4.78, 5) is 25.3. The van der Waals surface area contributed by atoms with Gasteiger partial charge in [-0.15, -0.1) is 0 Å². The Balaban J connectivity index is 1.91. The molecule has 0 saturated heterocycles. The minimum Gasteiger partial charge on any atom is -0.481 e. The van der Waals surface area contributed by atoms with Crippen LogP contribution in [-0.4, -0.2) is 44.0 Å². The topological polar surface area (TPSA) is 112 Å². The van der Waals surface area contributed by atoms with Gasteiger partial charge in [0.05, 0.1) is 29.9 Å². The van der Waals surface area contributed by atoms with Crippen LogP contribution in [0.5, 0.6) is 0 Å². The average molecular weight is 587 g/mol. The van der Waals surface area contributed by atoms with E-state index in [1.165, 1.54) is 12.1 Å². The molecule has 0 spiro atoms. The molecule has 0 aliphatic heterocycles. The predicted molar refractivity (Wildman–Crippen MR) is 167 cm³/mol. The molecule has 0 fully saturated rings. The van der Waals surface area contributed by atoms with Gasteiger partial charge in [0.25, 0.3) is 5.91 Å². The van der Waals surface area contributed by atoms with Gasteiger partial charge in [0.2, 0.25) is 0 Å². The third-order valence-electron chi connectivity index (χ3n) is 7.53. The number of carboxylic acids is 1. The zero-order valence-corrected chi connectivity index (χ0v) is 25.0. The quantitative estimate of drug-likeness (QED) is 0.144. The molecule has 0 bridgehead atoms. The van der Waals surface area contributed by atoms with Crippen LogP contribution in [-0.2, 0) is 11.3 Å². The number of anilines is 1. The second kappa shape index (κ2) is 13.8. The molecule has 43 heavy (non-hydrogen) atoms. The van der Waals surface area contributed by atoms with Crippen molar-refractivity contribution < 1.29 is 29.3 Å². The fraction of sp³-hybridized carbons (Fsp3) is 0.314. The highest BCUT2D eigenvalue weighted by atomic mass is 19.1. The van der Waals surface area contributed by atoms with Crippen molar-refractivity contribution in [2.75, 3.05) is 5.32 Å². The van der Waals surface area contributed by atoms with Crippen LogP contribution in [0.4, 0.5) is 10.1 Å². The summed E-state index contributed by atoms with van der Waals surface area (Å²) in [6.07, 6.45) is -2.52. The van der Waals surface area contributed by atoms with E-state index >= 15 is 0 Å². The molecule has 2 atom stereocenters. The maximum absolute atomic E-state index is 14.3. The third kappa shape index (κ3) is 7.58. The molecule has 0 radical (unpaired) electrons. The van der Waals surface area contributed by atoms with Crippen molar-refractivity contribution in [3.63, 3.8) is 0 Å². The van der Waals surface area contributed by atoms with Gasteiger partial charge in [-0.2, -0.15) is 0 Å². The molecular formula is C35H39FN2O5. The highest BCUT2D eigenvalue weighted by Crippen LogP contribution is 2.42. The van der Waals surface area contributed by atoms with Gasteiger partial charge in [0.1, 0.15) is 5.82 Å². The number of carbonyl (C=O) groups is 2. The minimum absolute atomic E-state index is 0.0952. The summed E-state index contributed by atoms with van der Waals surface area (Å²) >= 11 is 0. The van der Waals surface area contributed by atoms with Gasteiger partial charge in [0, 0.05) is 23.5 Å². The van der Waals surface area contributed by atoms with Crippen LogP contribution < -0.4 is 5.32 Å². The monoisotopic (exact) mass is 586 g/mol. The van der Waals surface area contributed by atoms with Gasteiger partial charge in [-0.1, -0.05) is 61.9 Å². The van der Waals surface area contributed by atoms with Crippen molar-refractivity contribution in [1.29, 1.82) is 0 Å². The summed E-state index contributed by atoms with van der Waals surface area (Å²) in [5, 5.41) is 33.0. The van der Waals surface area contributed by atoms with Crippen LogP contribution >= 0.6 is 0 Å². The standard InChI is InChI=1S/C35H39FN2O5/c1-21(2)33-32(35(43)37-29-15-10-22(3)18-23(29)4)31(24-8-6-5-7-9-24)34(25-11-13-26(36)14-12-25)38(33)17-16-27(39)19-28(40)20-30(41)42/h5-15,18,21,27-28,39-40H,16-17,19-20H2,1-4H3,(H,37,43)(H,41,42)/t27-,28-/m1/s1. The SMILES string of the molecule is Cc1ccc(NC(=O)c2c(-c3ccccc3)c(-c3ccc(F)cc3)n(CC[C@@H](O)C[C@@H](O)CC(=O)O)c2C(C)C)c(C)c1. The number of aryl methyl sites for hydroxylation is 2. The second-order valence-electron chi connectivity index (χ2n) is 11.4. The van der Waals surface area contributed by atoms with Crippen molar-refractivity contribution in [3.8, 4) is 22.4 Å². The van der Waals surface area contributed by atoms with Gasteiger partial charge >= 0.3 is 5.97 Å². The fourth-order valence-electron chi connectivity index (χ4n) is 5.63. The lowest BCUT2D eigenvalue weighted by atomic mass is 9.94. The Hall–Kier alpha value is -4.27. The zero-order chi connectivity index (χ0) is 31.3. The van der Waals surface area contributed by atoms with E-state index in [9.17, 15) is 24.2 Å². The van der Waals surface area contributed by atoms with Gasteiger partial charge in [-0.25, -0.2) is 4.39 Å². The lowest BCUT2D eigenvalue weighted by Crippen LogP contribution is -2.22. The first-order valence-electron chi connectivity index (χ1n) is 14.5. The molecule has 0 aliphatic rings. The molecule has 3 aromatic carbocycles. The number of carboxylic acid groups (broad SMARTS) is 1. The van der Waals surface area contributed by atoms with E-state index in [1.807, 2.05) is 80.8 Å². The Labute approximate surface area is 251 Å². The molecular weight excluding hydrogens is 547 g/mol. The molecule has 7 nitrogen and oxygen atoms in total. The lowest BCUT2D eigenvalue weighted by molar-refractivity contribution is -0.139. The number of amides is 1. The number of nitrogens with one attached hydrogen (secondary N) is 1. The normalized spacial score (nSPS) is 12.7. The molecule has 1 aromatic heterocycles. The summed E-state index contributed by atoms with van der Waals surface area (Å²) in [6, 6.07) is 21.5. The number of nitrogens with zero attached hydrogens (tertiary/aromatic N) is 1. The summed E-state index contributed by atoms with van der Waals surface area (Å²) in [5.74, 6) is -1.93. The van der Waals surface area contributed by atoms with Crippen molar-refractivity contribution >= 4 is 17.6 Å². The smallest absolute Gasteiger partial charge is 0.305 e. The van der Waals surface area contributed by atoms with E-state index < -0.39 is 24.6 Å². The summed E-state index contributed by atoms with van der Waals surface area (Å²) < 4.78 is 16.1. The molecule has 0 saturated carbocycles. The first-order chi connectivity index (χ1) is 20.5. The molecule has 4 rings (SSSR count). The molecule has 1 amide bonds. The van der Waals surface area contributed by atoms with Crippen molar-refractivity contribution in [2.45, 2.75) is 71.6 Å². The molecule has 4 aromatic rings. The van der Waals surface area contributed by atoms with Crippen LogP contribution in [0.2, 0.25) is 0 Å². The van der Waals surface area contributed by atoms with Crippen molar-refractivity contribution in [3.05, 3.63) is 101 Å². The Bertz CT molecular complexity index is 1580. The highest BCUT2D eigenvalue weighted by Gasteiger charge is 2.31. The summed E-state index contributed by atoms with van der Waals surface area (Å²) in [7, 11) is 0. The van der Waals surface area contributed by atoms with E-state index in [0.717, 1.165) is 22.4 Å². The van der Waals surface area contributed by atoms with Crippen molar-refractivity contribution in [1.82, 2.24) is 4.57 Å². The molecule has 1 heterocycles. The van der Waals surface area contributed by atoms with Gasteiger partial charge in [0.15, 0.2) is 0 Å². The Morgan fingerprint density at radius 1 is 0.907 bits per heavy atom. The number of hydrogen-bond donors (Lipinski definition) is 4. The average Bonchev–Trinajstić information content (AvgIpc) is 3.29. The summed E-state index contributed by atoms with van der Waals surface area (Å²) in [5.41, 5.74) is 6.86. The predicted octanol–water partition coefficient (Wildman–Crippen LogP) is 6.93. The molecule has 0 aliphatic carbocycles. The maximum Gasteiger partial charge on any atom is 0.305 e. The third-order valence-corrected chi connectivity index (χ3v) is 7.53. The summed E-state index contributed by atoms with van der Waals surface area (Å²) in [6.45, 7) is 8.20. The van der Waals surface area contributed by atoms with Gasteiger partial charge < -0.3 is 25.2 Å². The number of halogens is 1.